The summed E-state index contributed by atoms with van der Waals surface area (Å²) >= 11 is 1.62. The van der Waals surface area contributed by atoms with Gasteiger partial charge in [0.25, 0.3) is 0 Å². The van der Waals surface area contributed by atoms with Gasteiger partial charge in [-0.2, -0.15) is 10.4 Å². The molecule has 0 saturated carbocycles. The summed E-state index contributed by atoms with van der Waals surface area (Å²) in [4.78, 5) is 12.0. The van der Waals surface area contributed by atoms with Crippen LogP contribution in [0.25, 0.3) is 21.5 Å². The molecule has 2 aliphatic heterocycles. The molecular formula is C24H24N8OS. The third kappa shape index (κ3) is 3.77. The quantitative estimate of drug-likeness (QED) is 0.440. The fourth-order valence-electron chi connectivity index (χ4n) is 4.48. The highest BCUT2D eigenvalue weighted by molar-refractivity contribution is 7.17. The van der Waals surface area contributed by atoms with Gasteiger partial charge in [0, 0.05) is 49.3 Å². The first-order valence-corrected chi connectivity index (χ1v) is 12.2. The van der Waals surface area contributed by atoms with E-state index < -0.39 is 0 Å². The summed E-state index contributed by atoms with van der Waals surface area (Å²) in [7, 11) is 0. The number of ether oxygens (including phenoxy) is 1. The van der Waals surface area contributed by atoms with E-state index in [0.29, 0.717) is 12.4 Å². The molecule has 5 heterocycles. The molecule has 0 spiro atoms. The summed E-state index contributed by atoms with van der Waals surface area (Å²) < 4.78 is 8.42. The number of nitriles is 1. The second-order valence-corrected chi connectivity index (χ2v) is 9.56. The van der Waals surface area contributed by atoms with Gasteiger partial charge >= 0.3 is 0 Å². The Bertz CT molecular complexity index is 1360. The Hall–Kier alpha value is -3.52. The molecular weight excluding hydrogens is 448 g/mol. The van der Waals surface area contributed by atoms with Crippen molar-refractivity contribution in [1.29, 1.82) is 5.26 Å². The Kier molecular flexibility index (Phi) is 5.37. The van der Waals surface area contributed by atoms with Gasteiger partial charge in [-0.05, 0) is 29.6 Å². The normalized spacial score (nSPS) is 17.3. The number of fused-ring (bicyclic) bond motifs is 1. The first-order valence-electron chi connectivity index (χ1n) is 11.3. The topological polar surface area (TPSA) is 104 Å². The summed E-state index contributed by atoms with van der Waals surface area (Å²) in [5, 5.41) is 22.6. The Morgan fingerprint density at radius 2 is 2.09 bits per heavy atom. The van der Waals surface area contributed by atoms with Gasteiger partial charge in [-0.25, -0.2) is 9.97 Å². The molecule has 2 aliphatic rings. The minimum atomic E-state index is -0.282. The highest BCUT2D eigenvalue weighted by Crippen LogP contribution is 2.34. The Labute approximate surface area is 201 Å². The predicted molar refractivity (Wildman–Crippen MR) is 132 cm³/mol. The standard InChI is InChI=1S/C24H24N8OS/c25-6-5-24(15-26-16-24)32-14-17(13-27-32)21-22-20(4-11-34-22)29-23(30-21)28-18-2-1-3-19(12-18)31-7-9-33-10-8-31/h1-4,11-14,26H,5,7-10,15-16H2,(H,28,29,30). The van der Waals surface area contributed by atoms with E-state index in [1.807, 2.05) is 40.7 Å². The Morgan fingerprint density at radius 3 is 2.88 bits per heavy atom. The average molecular weight is 473 g/mol. The lowest BCUT2D eigenvalue weighted by molar-refractivity contribution is 0.122. The van der Waals surface area contributed by atoms with Crippen molar-refractivity contribution in [1.82, 2.24) is 25.1 Å². The number of morpholine rings is 1. The lowest BCUT2D eigenvalue weighted by atomic mass is 9.89. The molecule has 0 bridgehead atoms. The van der Waals surface area contributed by atoms with E-state index in [1.54, 1.807) is 11.3 Å². The molecule has 2 fully saturated rings. The maximum atomic E-state index is 9.29. The van der Waals surface area contributed by atoms with Gasteiger partial charge in [0.1, 0.15) is 5.54 Å². The van der Waals surface area contributed by atoms with Crippen LogP contribution in [0.5, 0.6) is 0 Å². The van der Waals surface area contributed by atoms with Gasteiger partial charge in [0.15, 0.2) is 0 Å². The van der Waals surface area contributed by atoms with Gasteiger partial charge < -0.3 is 20.3 Å². The van der Waals surface area contributed by atoms with Crippen LogP contribution in [-0.2, 0) is 10.3 Å². The number of nitrogens with zero attached hydrogens (tertiary/aromatic N) is 6. The van der Waals surface area contributed by atoms with E-state index in [4.69, 9.17) is 14.7 Å². The highest BCUT2D eigenvalue weighted by atomic mass is 32.1. The number of rotatable bonds is 6. The second-order valence-electron chi connectivity index (χ2n) is 8.64. The second kappa shape index (κ2) is 8.68. The Morgan fingerprint density at radius 1 is 1.21 bits per heavy atom. The monoisotopic (exact) mass is 472 g/mol. The van der Waals surface area contributed by atoms with Crippen LogP contribution in [0.15, 0.2) is 48.1 Å². The van der Waals surface area contributed by atoms with Crippen LogP contribution in [0.4, 0.5) is 17.3 Å². The van der Waals surface area contributed by atoms with E-state index >= 15 is 0 Å². The summed E-state index contributed by atoms with van der Waals surface area (Å²) in [6, 6.07) is 12.6. The molecule has 34 heavy (non-hydrogen) atoms. The number of hydrogen-bond acceptors (Lipinski definition) is 9. The minimum absolute atomic E-state index is 0.282. The molecule has 1 aromatic carbocycles. The van der Waals surface area contributed by atoms with Crippen molar-refractivity contribution in [2.45, 2.75) is 12.0 Å². The summed E-state index contributed by atoms with van der Waals surface area (Å²) in [6.45, 7) is 4.75. The minimum Gasteiger partial charge on any atom is -0.378 e. The molecule has 3 aromatic heterocycles. The number of thiophene rings is 1. The van der Waals surface area contributed by atoms with Crippen molar-refractivity contribution >= 4 is 38.9 Å². The molecule has 9 nitrogen and oxygen atoms in total. The van der Waals surface area contributed by atoms with E-state index in [9.17, 15) is 5.26 Å². The van der Waals surface area contributed by atoms with Crippen molar-refractivity contribution in [2.24, 2.45) is 0 Å². The smallest absolute Gasteiger partial charge is 0.228 e. The zero-order valence-electron chi connectivity index (χ0n) is 18.6. The number of nitrogens with one attached hydrogen (secondary N) is 2. The lowest BCUT2D eigenvalue weighted by Gasteiger charge is -2.41. The molecule has 0 unspecified atom stereocenters. The van der Waals surface area contributed by atoms with Crippen molar-refractivity contribution in [3.05, 3.63) is 48.1 Å². The van der Waals surface area contributed by atoms with Crippen LogP contribution in [0.2, 0.25) is 0 Å². The van der Waals surface area contributed by atoms with Gasteiger partial charge in [0.05, 0.1) is 47.8 Å². The number of anilines is 3. The number of hydrogen-bond donors (Lipinski definition) is 2. The maximum Gasteiger partial charge on any atom is 0.228 e. The predicted octanol–water partition coefficient (Wildman–Crippen LogP) is 3.35. The molecule has 4 aromatic rings. The molecule has 0 atom stereocenters. The van der Waals surface area contributed by atoms with E-state index in [0.717, 1.165) is 72.2 Å². The van der Waals surface area contributed by atoms with Crippen molar-refractivity contribution in [3.63, 3.8) is 0 Å². The zero-order chi connectivity index (χ0) is 23.0. The molecule has 10 heteroatoms. The van der Waals surface area contributed by atoms with Crippen LogP contribution >= 0.6 is 11.3 Å². The highest BCUT2D eigenvalue weighted by Gasteiger charge is 2.39. The van der Waals surface area contributed by atoms with Gasteiger partial charge in [-0.1, -0.05) is 6.07 Å². The van der Waals surface area contributed by atoms with Crippen molar-refractivity contribution in [3.8, 4) is 17.3 Å². The van der Waals surface area contributed by atoms with Crippen LogP contribution in [-0.4, -0.2) is 59.1 Å². The number of aromatic nitrogens is 4. The van der Waals surface area contributed by atoms with E-state index in [2.05, 4.69) is 38.8 Å². The zero-order valence-corrected chi connectivity index (χ0v) is 19.4. The van der Waals surface area contributed by atoms with Gasteiger partial charge in [-0.3, -0.25) is 4.68 Å². The van der Waals surface area contributed by atoms with Crippen LogP contribution < -0.4 is 15.5 Å². The first-order chi connectivity index (χ1) is 16.7. The van der Waals surface area contributed by atoms with E-state index in [-0.39, 0.29) is 5.54 Å². The third-order valence-electron chi connectivity index (χ3n) is 6.44. The SMILES string of the molecule is N#CCC1(n2cc(-c3nc(Nc4cccc(N5CCOCC5)c4)nc4ccsc34)cn2)CNC1. The number of benzene rings is 1. The van der Waals surface area contributed by atoms with Crippen LogP contribution in [0.3, 0.4) is 0 Å². The van der Waals surface area contributed by atoms with Gasteiger partial charge in [-0.15, -0.1) is 11.3 Å². The molecule has 2 N–H and O–H groups in total. The van der Waals surface area contributed by atoms with Crippen molar-refractivity contribution in [2.75, 3.05) is 49.6 Å². The third-order valence-corrected chi connectivity index (χ3v) is 7.35. The van der Waals surface area contributed by atoms with Crippen LogP contribution in [0.1, 0.15) is 6.42 Å². The fourth-order valence-corrected chi connectivity index (χ4v) is 5.32. The molecule has 0 radical (unpaired) electrons. The Balaban J connectivity index is 1.32. The molecule has 0 aliphatic carbocycles. The molecule has 2 saturated heterocycles. The average Bonchev–Trinajstić information content (AvgIpc) is 3.52. The molecule has 172 valence electrons. The maximum absolute atomic E-state index is 9.29. The largest absolute Gasteiger partial charge is 0.378 e. The fraction of sp³-hybridized carbons (Fsp3) is 0.333. The molecule has 0 amide bonds. The molecule has 6 rings (SSSR count). The first kappa shape index (κ1) is 21.0. The van der Waals surface area contributed by atoms with Crippen molar-refractivity contribution < 1.29 is 4.74 Å². The van der Waals surface area contributed by atoms with E-state index in [1.165, 1.54) is 0 Å². The van der Waals surface area contributed by atoms with Gasteiger partial charge in [0.2, 0.25) is 5.95 Å². The lowest BCUT2D eigenvalue weighted by Crippen LogP contribution is -2.60. The van der Waals surface area contributed by atoms with Crippen LogP contribution in [0, 0.1) is 11.3 Å². The summed E-state index contributed by atoms with van der Waals surface area (Å²) in [5.74, 6) is 0.546. The summed E-state index contributed by atoms with van der Waals surface area (Å²) in [6.07, 6.45) is 4.26. The summed E-state index contributed by atoms with van der Waals surface area (Å²) in [5.41, 5.74) is 4.47.